The van der Waals surface area contributed by atoms with Gasteiger partial charge in [-0.1, -0.05) is 26.0 Å². The molecule has 0 bridgehead atoms. The summed E-state index contributed by atoms with van der Waals surface area (Å²) in [6.45, 7) is 8.86. The second-order valence-electron chi connectivity index (χ2n) is 6.38. The second-order valence-corrected chi connectivity index (χ2v) is 7.29. The Morgan fingerprint density at radius 3 is 2.86 bits per heavy atom. The molecule has 0 aromatic carbocycles. The van der Waals surface area contributed by atoms with Crippen LogP contribution in [0.1, 0.15) is 66.2 Å². The molecule has 1 aromatic rings. The van der Waals surface area contributed by atoms with Crippen molar-refractivity contribution in [1.82, 2.24) is 4.90 Å². The highest BCUT2D eigenvalue weighted by molar-refractivity contribution is 7.10. The van der Waals surface area contributed by atoms with Crippen molar-refractivity contribution in [3.05, 3.63) is 33.5 Å². The molecule has 1 fully saturated rings. The maximum atomic E-state index is 12.6. The number of fused-ring (bicyclic) bond motifs is 1. The number of carbonyl (C=O) groups is 2. The average Bonchev–Trinajstić information content (AvgIpc) is 2.90. The Balaban J connectivity index is 1.87. The van der Waals surface area contributed by atoms with Crippen molar-refractivity contribution in [3.8, 4) is 0 Å². The third-order valence-corrected chi connectivity index (χ3v) is 5.78. The quantitative estimate of drug-likeness (QED) is 0.614. The van der Waals surface area contributed by atoms with Gasteiger partial charge in [-0.2, -0.15) is 0 Å². The molecule has 2 heterocycles. The molecule has 0 N–H and O–H groups in total. The summed E-state index contributed by atoms with van der Waals surface area (Å²) in [5.74, 6) is 0.626. The molecule has 112 valence electrons. The van der Waals surface area contributed by atoms with Crippen molar-refractivity contribution >= 4 is 23.0 Å². The maximum absolute atomic E-state index is 12.6. The van der Waals surface area contributed by atoms with E-state index >= 15 is 0 Å². The van der Waals surface area contributed by atoms with Gasteiger partial charge in [0.2, 0.25) is 0 Å². The summed E-state index contributed by atoms with van der Waals surface area (Å²) in [6.07, 6.45) is 3.05. The van der Waals surface area contributed by atoms with Crippen molar-refractivity contribution in [2.45, 2.75) is 58.0 Å². The van der Waals surface area contributed by atoms with Crippen molar-refractivity contribution in [2.75, 3.05) is 0 Å². The second kappa shape index (κ2) is 5.41. The SMILES string of the molecule is C=C1CCCC(N2Cc3c(csc3C(C)C)C2=O)C(=O)C1. The monoisotopic (exact) mass is 303 g/mol. The predicted octanol–water partition coefficient (Wildman–Crippen LogP) is 3.90. The predicted molar refractivity (Wildman–Crippen MR) is 84.7 cm³/mol. The van der Waals surface area contributed by atoms with Gasteiger partial charge < -0.3 is 4.90 Å². The number of carbonyl (C=O) groups excluding carboxylic acids is 2. The molecule has 2 aliphatic rings. The number of hydrogen-bond donors (Lipinski definition) is 0. The fourth-order valence-electron chi connectivity index (χ4n) is 3.36. The van der Waals surface area contributed by atoms with Crippen LogP contribution in [0.2, 0.25) is 0 Å². The highest BCUT2D eigenvalue weighted by Gasteiger charge is 2.38. The summed E-state index contributed by atoms with van der Waals surface area (Å²) in [5, 5.41) is 1.97. The Morgan fingerprint density at radius 2 is 2.14 bits per heavy atom. The molecule has 1 aliphatic carbocycles. The summed E-state index contributed by atoms with van der Waals surface area (Å²) in [5.41, 5.74) is 2.97. The number of rotatable bonds is 2. The van der Waals surface area contributed by atoms with Crippen LogP contribution in [0, 0.1) is 0 Å². The van der Waals surface area contributed by atoms with Gasteiger partial charge >= 0.3 is 0 Å². The first-order chi connectivity index (χ1) is 9.99. The Labute approximate surface area is 129 Å². The van der Waals surface area contributed by atoms with Crippen molar-refractivity contribution < 1.29 is 9.59 Å². The van der Waals surface area contributed by atoms with E-state index in [0.29, 0.717) is 18.9 Å². The van der Waals surface area contributed by atoms with E-state index in [1.165, 1.54) is 4.88 Å². The van der Waals surface area contributed by atoms with Gasteiger partial charge in [0.05, 0.1) is 11.6 Å². The van der Waals surface area contributed by atoms with Crippen molar-refractivity contribution in [2.24, 2.45) is 0 Å². The van der Waals surface area contributed by atoms with Crippen LogP contribution < -0.4 is 0 Å². The van der Waals surface area contributed by atoms with Crippen LogP contribution in [-0.4, -0.2) is 22.6 Å². The van der Waals surface area contributed by atoms with E-state index in [-0.39, 0.29) is 17.7 Å². The first kappa shape index (κ1) is 14.5. The van der Waals surface area contributed by atoms with Crippen LogP contribution >= 0.6 is 11.3 Å². The van der Waals surface area contributed by atoms with Crippen LogP contribution in [0.4, 0.5) is 0 Å². The van der Waals surface area contributed by atoms with E-state index in [4.69, 9.17) is 0 Å². The minimum atomic E-state index is -0.255. The fourth-order valence-corrected chi connectivity index (χ4v) is 4.44. The number of nitrogens with zero attached hydrogens (tertiary/aromatic N) is 1. The summed E-state index contributed by atoms with van der Waals surface area (Å²) >= 11 is 1.67. The molecule has 0 radical (unpaired) electrons. The summed E-state index contributed by atoms with van der Waals surface area (Å²) in [4.78, 5) is 28.1. The lowest BCUT2D eigenvalue weighted by molar-refractivity contribution is -0.122. The van der Waals surface area contributed by atoms with Gasteiger partial charge in [0.15, 0.2) is 5.78 Å². The molecule has 0 spiro atoms. The number of thiophene rings is 1. The van der Waals surface area contributed by atoms with Crippen LogP contribution in [-0.2, 0) is 11.3 Å². The van der Waals surface area contributed by atoms with Crippen molar-refractivity contribution in [1.29, 1.82) is 0 Å². The van der Waals surface area contributed by atoms with Crippen LogP contribution in [0.3, 0.4) is 0 Å². The van der Waals surface area contributed by atoms with E-state index in [2.05, 4.69) is 20.4 Å². The molecule has 1 aliphatic heterocycles. The lowest BCUT2D eigenvalue weighted by Crippen LogP contribution is -2.40. The number of ketones is 1. The Kier molecular flexibility index (Phi) is 3.74. The zero-order valence-corrected chi connectivity index (χ0v) is 13.5. The zero-order chi connectivity index (χ0) is 15.1. The minimum absolute atomic E-state index is 0.0408. The first-order valence-electron chi connectivity index (χ1n) is 7.59. The summed E-state index contributed by atoms with van der Waals surface area (Å²) < 4.78 is 0. The number of Topliss-reactive ketones (excluding diaryl/α,β-unsaturated/α-hetero) is 1. The number of hydrogen-bond acceptors (Lipinski definition) is 3. The molecule has 1 saturated carbocycles. The minimum Gasteiger partial charge on any atom is -0.324 e. The highest BCUT2D eigenvalue weighted by atomic mass is 32.1. The van der Waals surface area contributed by atoms with Gasteiger partial charge in [-0.3, -0.25) is 9.59 Å². The van der Waals surface area contributed by atoms with Gasteiger partial charge in [0.1, 0.15) is 0 Å². The number of amides is 1. The van der Waals surface area contributed by atoms with Crippen molar-refractivity contribution in [3.63, 3.8) is 0 Å². The van der Waals surface area contributed by atoms with E-state index in [1.807, 2.05) is 5.38 Å². The number of allylic oxidation sites excluding steroid dienone is 1. The standard InChI is InChI=1S/C17H21NO2S/c1-10(2)16-12-8-18(17(20)13(12)9-21-16)14-6-4-5-11(3)7-15(14)19/h9-10,14H,3-8H2,1-2H3. The molecule has 3 rings (SSSR count). The highest BCUT2D eigenvalue weighted by Crippen LogP contribution is 2.37. The molecule has 1 unspecified atom stereocenters. The average molecular weight is 303 g/mol. The molecule has 1 aromatic heterocycles. The summed E-state index contributed by atoms with van der Waals surface area (Å²) in [7, 11) is 0. The molecular formula is C17H21NO2S. The molecular weight excluding hydrogens is 282 g/mol. The Bertz CT molecular complexity index is 614. The van der Waals surface area contributed by atoms with Gasteiger partial charge in [0, 0.05) is 23.2 Å². The van der Waals surface area contributed by atoms with E-state index in [9.17, 15) is 9.59 Å². The topological polar surface area (TPSA) is 37.4 Å². The molecule has 21 heavy (non-hydrogen) atoms. The lowest BCUT2D eigenvalue weighted by atomic mass is 10.1. The van der Waals surface area contributed by atoms with Crippen LogP contribution in [0.25, 0.3) is 0 Å². The van der Waals surface area contributed by atoms with Gasteiger partial charge in [-0.15, -0.1) is 11.3 Å². The maximum Gasteiger partial charge on any atom is 0.255 e. The molecule has 1 atom stereocenters. The Morgan fingerprint density at radius 1 is 1.38 bits per heavy atom. The third kappa shape index (κ3) is 2.46. The van der Waals surface area contributed by atoms with Crippen LogP contribution in [0.5, 0.6) is 0 Å². The molecule has 1 amide bonds. The largest absolute Gasteiger partial charge is 0.324 e. The molecule has 3 nitrogen and oxygen atoms in total. The van der Waals surface area contributed by atoms with Gasteiger partial charge in [0.25, 0.3) is 5.91 Å². The normalized spacial score (nSPS) is 22.9. The van der Waals surface area contributed by atoms with Gasteiger partial charge in [-0.05, 0) is 30.7 Å². The first-order valence-corrected chi connectivity index (χ1v) is 8.47. The van der Waals surface area contributed by atoms with E-state index < -0.39 is 0 Å². The Hall–Kier alpha value is -1.42. The van der Waals surface area contributed by atoms with Gasteiger partial charge in [-0.25, -0.2) is 0 Å². The van der Waals surface area contributed by atoms with E-state index in [0.717, 1.165) is 36.0 Å². The third-order valence-electron chi connectivity index (χ3n) is 4.45. The molecule has 0 saturated heterocycles. The zero-order valence-electron chi connectivity index (χ0n) is 12.6. The smallest absolute Gasteiger partial charge is 0.255 e. The van der Waals surface area contributed by atoms with E-state index in [1.54, 1.807) is 16.2 Å². The summed E-state index contributed by atoms with van der Waals surface area (Å²) in [6, 6.07) is -0.255. The lowest BCUT2D eigenvalue weighted by Gasteiger charge is -2.25. The van der Waals surface area contributed by atoms with Crippen LogP contribution in [0.15, 0.2) is 17.5 Å². The fraction of sp³-hybridized carbons (Fsp3) is 0.529. The molecule has 4 heteroatoms.